The van der Waals surface area contributed by atoms with Gasteiger partial charge < -0.3 is 16.0 Å². The molecule has 3 amide bonds. The molecule has 2 rings (SSSR count). The molecule has 0 fully saturated rings. The maximum Gasteiger partial charge on any atom is 0.315 e. The quantitative estimate of drug-likeness (QED) is 0.766. The fourth-order valence-electron chi connectivity index (χ4n) is 2.28. The molecule has 3 N–H and O–H groups in total. The van der Waals surface area contributed by atoms with Gasteiger partial charge in [-0.2, -0.15) is 0 Å². The molecule has 0 saturated heterocycles. The van der Waals surface area contributed by atoms with Crippen molar-refractivity contribution in [2.45, 2.75) is 52.7 Å². The summed E-state index contributed by atoms with van der Waals surface area (Å²) < 4.78 is 1.71. The lowest BCUT2D eigenvalue weighted by molar-refractivity contribution is 0.0943. The Labute approximate surface area is 147 Å². The first-order valence-electron chi connectivity index (χ1n) is 8.36. The van der Waals surface area contributed by atoms with Crippen LogP contribution >= 0.6 is 0 Å². The summed E-state index contributed by atoms with van der Waals surface area (Å²) in [6.45, 7) is 10.5. The molecule has 0 atom stereocenters. The van der Waals surface area contributed by atoms with Crippen LogP contribution in [0.5, 0.6) is 0 Å². The number of rotatable bonds is 5. The van der Waals surface area contributed by atoms with E-state index in [0.717, 1.165) is 5.52 Å². The third-order valence-electron chi connectivity index (χ3n) is 3.29. The number of aromatic nitrogens is 3. The summed E-state index contributed by atoms with van der Waals surface area (Å²) in [5.74, 6) is -0.132. The minimum absolute atomic E-state index is 0.0733. The van der Waals surface area contributed by atoms with Crippen molar-refractivity contribution in [3.05, 3.63) is 23.8 Å². The van der Waals surface area contributed by atoms with Gasteiger partial charge >= 0.3 is 6.03 Å². The van der Waals surface area contributed by atoms with Crippen molar-refractivity contribution in [1.82, 2.24) is 30.9 Å². The molecule has 0 spiro atoms. The van der Waals surface area contributed by atoms with E-state index in [1.807, 2.05) is 40.7 Å². The van der Waals surface area contributed by atoms with Crippen LogP contribution in [0.2, 0.25) is 0 Å². The molecule has 2 aromatic rings. The Hall–Kier alpha value is -2.64. The van der Waals surface area contributed by atoms with Crippen LogP contribution in [-0.4, -0.2) is 45.1 Å². The molecule has 0 aliphatic carbocycles. The average Bonchev–Trinajstić information content (AvgIpc) is 2.87. The Bertz CT molecular complexity index is 760. The van der Waals surface area contributed by atoms with E-state index in [-0.39, 0.29) is 23.5 Å². The van der Waals surface area contributed by atoms with Crippen molar-refractivity contribution in [3.63, 3.8) is 0 Å². The largest absolute Gasteiger partial charge is 0.350 e. The van der Waals surface area contributed by atoms with Crippen LogP contribution in [0.4, 0.5) is 4.79 Å². The molecule has 0 aliphatic rings. The fourth-order valence-corrected chi connectivity index (χ4v) is 2.28. The minimum Gasteiger partial charge on any atom is -0.350 e. The van der Waals surface area contributed by atoms with E-state index in [9.17, 15) is 9.59 Å². The number of nitrogens with one attached hydrogen (secondary N) is 3. The number of nitrogens with zero attached hydrogens (tertiary/aromatic N) is 3. The summed E-state index contributed by atoms with van der Waals surface area (Å²) in [7, 11) is 0. The number of carbonyl (C=O) groups excluding carboxylic acids is 2. The van der Waals surface area contributed by atoms with Crippen LogP contribution in [0, 0.1) is 0 Å². The Morgan fingerprint density at radius 2 is 1.96 bits per heavy atom. The molecular formula is C17H26N6O2. The van der Waals surface area contributed by atoms with E-state index in [4.69, 9.17) is 0 Å². The van der Waals surface area contributed by atoms with Gasteiger partial charge in [0.1, 0.15) is 5.52 Å². The maximum atomic E-state index is 12.0. The van der Waals surface area contributed by atoms with Crippen LogP contribution in [0.25, 0.3) is 11.0 Å². The van der Waals surface area contributed by atoms with Crippen LogP contribution in [0.15, 0.2) is 18.2 Å². The molecule has 0 saturated carbocycles. The maximum absolute atomic E-state index is 12.0. The van der Waals surface area contributed by atoms with Crippen LogP contribution < -0.4 is 16.0 Å². The van der Waals surface area contributed by atoms with Crippen LogP contribution in [0.1, 0.15) is 45.0 Å². The monoisotopic (exact) mass is 346 g/mol. The third-order valence-corrected chi connectivity index (χ3v) is 3.29. The highest BCUT2D eigenvalue weighted by atomic mass is 16.2. The van der Waals surface area contributed by atoms with Crippen LogP contribution in [0.3, 0.4) is 0 Å². The number of urea groups is 1. The molecule has 0 bridgehead atoms. The zero-order valence-corrected chi connectivity index (χ0v) is 15.4. The number of fused-ring (bicyclic) bond motifs is 1. The second-order valence-corrected chi connectivity index (χ2v) is 7.28. The van der Waals surface area contributed by atoms with E-state index in [2.05, 4.69) is 26.3 Å². The minimum atomic E-state index is -0.281. The summed E-state index contributed by atoms with van der Waals surface area (Å²) >= 11 is 0. The van der Waals surface area contributed by atoms with Gasteiger partial charge in [0.2, 0.25) is 0 Å². The van der Waals surface area contributed by atoms with Gasteiger partial charge in [-0.3, -0.25) is 4.79 Å². The molecule has 25 heavy (non-hydrogen) atoms. The van der Waals surface area contributed by atoms with Gasteiger partial charge in [-0.15, -0.1) is 5.10 Å². The molecular weight excluding hydrogens is 320 g/mol. The zero-order chi connectivity index (χ0) is 18.6. The molecule has 0 aliphatic heterocycles. The summed E-state index contributed by atoms with van der Waals surface area (Å²) in [6, 6.07) is 5.14. The summed E-state index contributed by atoms with van der Waals surface area (Å²) in [5, 5.41) is 16.7. The molecule has 8 nitrogen and oxygen atoms in total. The molecule has 1 aromatic carbocycles. The van der Waals surface area contributed by atoms with Gasteiger partial charge in [0.15, 0.2) is 0 Å². The van der Waals surface area contributed by atoms with Crippen molar-refractivity contribution < 1.29 is 9.59 Å². The number of benzene rings is 1. The fraction of sp³-hybridized carbons (Fsp3) is 0.529. The SMILES string of the molecule is CC(C)NC(=O)c1ccc2c(c1)nnn2CCNC(=O)NC(C)(C)C. The molecule has 1 aromatic heterocycles. The molecule has 0 unspecified atom stereocenters. The van der Waals surface area contributed by atoms with Gasteiger partial charge in [-0.25, -0.2) is 9.48 Å². The number of hydrogen-bond donors (Lipinski definition) is 3. The topological polar surface area (TPSA) is 101 Å². The van der Waals surface area contributed by atoms with Crippen molar-refractivity contribution >= 4 is 23.0 Å². The first kappa shape index (κ1) is 18.7. The molecule has 8 heteroatoms. The zero-order valence-electron chi connectivity index (χ0n) is 15.4. The van der Waals surface area contributed by atoms with E-state index in [0.29, 0.717) is 24.2 Å². The molecule has 0 radical (unpaired) electrons. The van der Waals surface area contributed by atoms with Gasteiger partial charge in [0, 0.05) is 23.7 Å². The second-order valence-electron chi connectivity index (χ2n) is 7.28. The highest BCUT2D eigenvalue weighted by Gasteiger charge is 2.14. The third kappa shape index (κ3) is 5.44. The highest BCUT2D eigenvalue weighted by molar-refractivity contribution is 5.97. The Morgan fingerprint density at radius 3 is 2.60 bits per heavy atom. The van der Waals surface area contributed by atoms with Gasteiger partial charge in [0.05, 0.1) is 12.1 Å². The van der Waals surface area contributed by atoms with Crippen molar-refractivity contribution in [1.29, 1.82) is 0 Å². The second kappa shape index (κ2) is 7.50. The highest BCUT2D eigenvalue weighted by Crippen LogP contribution is 2.13. The first-order valence-corrected chi connectivity index (χ1v) is 8.36. The van der Waals surface area contributed by atoms with Crippen molar-refractivity contribution in [2.75, 3.05) is 6.54 Å². The predicted octanol–water partition coefficient (Wildman–Crippen LogP) is 1.67. The Morgan fingerprint density at radius 1 is 1.24 bits per heavy atom. The summed E-state index contributed by atoms with van der Waals surface area (Å²) in [5.41, 5.74) is 1.74. The Balaban J connectivity index is 1.99. The average molecular weight is 346 g/mol. The molecule has 136 valence electrons. The number of amides is 3. The van der Waals surface area contributed by atoms with Gasteiger partial charge in [-0.1, -0.05) is 5.21 Å². The standard InChI is InChI=1S/C17H26N6O2/c1-11(2)19-15(24)12-6-7-14-13(10-12)21-22-23(14)9-8-18-16(25)20-17(3,4)5/h6-7,10-11H,8-9H2,1-5H3,(H,19,24)(H2,18,20,25). The Kier molecular flexibility index (Phi) is 5.61. The predicted molar refractivity (Wildman–Crippen MR) is 96.4 cm³/mol. The van der Waals surface area contributed by atoms with E-state index in [1.165, 1.54) is 0 Å². The smallest absolute Gasteiger partial charge is 0.315 e. The van der Waals surface area contributed by atoms with E-state index in [1.54, 1.807) is 16.8 Å². The number of carbonyl (C=O) groups is 2. The first-order chi connectivity index (χ1) is 11.7. The lowest BCUT2D eigenvalue weighted by Crippen LogP contribution is -2.47. The van der Waals surface area contributed by atoms with Gasteiger partial charge in [0.25, 0.3) is 5.91 Å². The summed E-state index contributed by atoms with van der Waals surface area (Å²) in [6.07, 6.45) is 0. The molecule has 1 heterocycles. The van der Waals surface area contributed by atoms with E-state index >= 15 is 0 Å². The lowest BCUT2D eigenvalue weighted by atomic mass is 10.1. The van der Waals surface area contributed by atoms with Crippen LogP contribution in [-0.2, 0) is 6.54 Å². The normalized spacial score (nSPS) is 11.6. The number of hydrogen-bond acceptors (Lipinski definition) is 4. The van der Waals surface area contributed by atoms with Crippen molar-refractivity contribution in [3.8, 4) is 0 Å². The lowest BCUT2D eigenvalue weighted by Gasteiger charge is -2.20. The van der Waals surface area contributed by atoms with Gasteiger partial charge in [-0.05, 0) is 52.8 Å². The summed E-state index contributed by atoms with van der Waals surface area (Å²) in [4.78, 5) is 23.8. The van der Waals surface area contributed by atoms with Crippen molar-refractivity contribution in [2.24, 2.45) is 0 Å². The van der Waals surface area contributed by atoms with E-state index < -0.39 is 0 Å².